The Morgan fingerprint density at radius 3 is 1.59 bits per heavy atom. The van der Waals surface area contributed by atoms with Gasteiger partial charge in [-0.05, 0) is 111 Å². The Balaban J connectivity index is 1.00. The summed E-state index contributed by atoms with van der Waals surface area (Å²) in [5.74, 6) is 0. The summed E-state index contributed by atoms with van der Waals surface area (Å²) in [6.07, 6.45) is 0. The van der Waals surface area contributed by atoms with Crippen LogP contribution in [0.5, 0.6) is 0 Å². The number of hydrogen-bond acceptors (Lipinski definition) is 1. The first-order valence-corrected chi connectivity index (χ1v) is 20.4. The average Bonchev–Trinajstić information content (AvgIpc) is 3.75. The van der Waals surface area contributed by atoms with Crippen molar-refractivity contribution in [3.63, 3.8) is 0 Å². The summed E-state index contributed by atoms with van der Waals surface area (Å²) in [5, 5.41) is 13.1. The molecule has 0 fully saturated rings. The molecule has 0 saturated heterocycles. The molecule has 0 amide bonds. The number of thiophene rings is 1. The monoisotopic (exact) mass is 728 g/mol. The number of fused-ring (bicyclic) bond motifs is 13. The van der Waals surface area contributed by atoms with Crippen molar-refractivity contribution in [2.75, 3.05) is 0 Å². The topological polar surface area (TPSA) is 0 Å². The Bertz CT molecular complexity index is 3370. The third kappa shape index (κ3) is 4.41. The van der Waals surface area contributed by atoms with E-state index < -0.39 is 0 Å². The van der Waals surface area contributed by atoms with Crippen molar-refractivity contribution in [3.05, 3.63) is 193 Å². The van der Waals surface area contributed by atoms with Crippen molar-refractivity contribution < 1.29 is 0 Å². The Morgan fingerprint density at radius 1 is 0.375 bits per heavy atom. The molecule has 1 heteroatoms. The van der Waals surface area contributed by atoms with Gasteiger partial charge in [0.05, 0.1) is 0 Å². The van der Waals surface area contributed by atoms with Crippen LogP contribution in [0.25, 0.3) is 108 Å². The molecular formula is C55H36S. The van der Waals surface area contributed by atoms with Crippen LogP contribution in [-0.2, 0) is 5.41 Å². The molecule has 56 heavy (non-hydrogen) atoms. The molecule has 1 heterocycles. The quantitative estimate of drug-likeness (QED) is 0.159. The van der Waals surface area contributed by atoms with Gasteiger partial charge in [-0.15, -0.1) is 11.3 Å². The van der Waals surface area contributed by atoms with Gasteiger partial charge in [0.25, 0.3) is 0 Å². The van der Waals surface area contributed by atoms with Crippen molar-refractivity contribution in [2.45, 2.75) is 19.3 Å². The van der Waals surface area contributed by atoms with Gasteiger partial charge in [0, 0.05) is 31.2 Å². The SMILES string of the molecule is CC1(C)c2cc(-c3ccc(-c4c5ccccc5c(-c5ccc6ccccc6c5)c5ccccc45)cc3)ccc2-c2c1c1ccccc1c1c2sc2ccccc21. The van der Waals surface area contributed by atoms with Crippen LogP contribution in [0.3, 0.4) is 0 Å². The second-order valence-electron chi connectivity index (χ2n) is 16.0. The van der Waals surface area contributed by atoms with Gasteiger partial charge in [0.2, 0.25) is 0 Å². The van der Waals surface area contributed by atoms with E-state index in [2.05, 4.69) is 196 Å². The fraction of sp³-hybridized carbons (Fsp3) is 0.0545. The molecule has 10 aromatic carbocycles. The first-order valence-electron chi connectivity index (χ1n) is 19.6. The zero-order chi connectivity index (χ0) is 37.1. The predicted molar refractivity (Wildman–Crippen MR) is 243 cm³/mol. The molecule has 0 N–H and O–H groups in total. The zero-order valence-corrected chi connectivity index (χ0v) is 32.0. The fourth-order valence-corrected chi connectivity index (χ4v) is 11.4. The van der Waals surface area contributed by atoms with Gasteiger partial charge in [0.1, 0.15) is 0 Å². The maximum Gasteiger partial charge on any atom is 0.0443 e. The molecule has 0 radical (unpaired) electrons. The van der Waals surface area contributed by atoms with Crippen molar-refractivity contribution in [3.8, 4) is 44.5 Å². The molecule has 0 atom stereocenters. The van der Waals surface area contributed by atoms with E-state index in [4.69, 9.17) is 0 Å². The van der Waals surface area contributed by atoms with Crippen LogP contribution in [0.15, 0.2) is 182 Å². The van der Waals surface area contributed by atoms with E-state index in [1.165, 1.54) is 119 Å². The highest BCUT2D eigenvalue weighted by molar-refractivity contribution is 7.26. The van der Waals surface area contributed by atoms with Crippen LogP contribution in [0.2, 0.25) is 0 Å². The highest BCUT2D eigenvalue weighted by Gasteiger charge is 2.39. The normalized spacial score (nSPS) is 13.3. The van der Waals surface area contributed by atoms with Crippen molar-refractivity contribution in [1.29, 1.82) is 0 Å². The number of rotatable bonds is 3. The third-order valence-electron chi connectivity index (χ3n) is 12.6. The molecule has 11 aromatic rings. The van der Waals surface area contributed by atoms with Crippen LogP contribution in [0, 0.1) is 0 Å². The van der Waals surface area contributed by atoms with E-state index in [0.717, 1.165) is 0 Å². The van der Waals surface area contributed by atoms with E-state index in [-0.39, 0.29) is 5.41 Å². The molecule has 0 unspecified atom stereocenters. The van der Waals surface area contributed by atoms with Gasteiger partial charge < -0.3 is 0 Å². The summed E-state index contributed by atoms with van der Waals surface area (Å²) in [5.41, 5.74) is 13.1. The predicted octanol–water partition coefficient (Wildman–Crippen LogP) is 16.0. The largest absolute Gasteiger partial charge is 0.134 e. The highest BCUT2D eigenvalue weighted by Crippen LogP contribution is 2.57. The molecule has 1 aromatic heterocycles. The maximum atomic E-state index is 2.47. The number of hydrogen-bond donors (Lipinski definition) is 0. The third-order valence-corrected chi connectivity index (χ3v) is 13.8. The van der Waals surface area contributed by atoms with Gasteiger partial charge in [0.15, 0.2) is 0 Å². The molecule has 0 spiro atoms. The van der Waals surface area contributed by atoms with E-state index in [1.807, 2.05) is 11.3 Å². The standard InChI is InChI=1S/C55H36S/c1-55(2)47-32-37(29-30-45(47)52-53(55)44-20-10-9-19-43(44)51-46-21-11-12-22-48(46)56-54(51)52)34-23-26-35(27-24-34)49-39-15-5-7-17-41(39)50(42-18-8-6-16-40(42)49)38-28-25-33-13-3-4-14-36(33)31-38/h3-32H,1-2H3. The van der Waals surface area contributed by atoms with Crippen LogP contribution in [0.4, 0.5) is 0 Å². The minimum Gasteiger partial charge on any atom is -0.134 e. The average molecular weight is 729 g/mol. The van der Waals surface area contributed by atoms with Gasteiger partial charge in [-0.3, -0.25) is 0 Å². The van der Waals surface area contributed by atoms with Crippen molar-refractivity contribution in [1.82, 2.24) is 0 Å². The second kappa shape index (κ2) is 11.7. The van der Waals surface area contributed by atoms with Gasteiger partial charge in [-0.25, -0.2) is 0 Å². The smallest absolute Gasteiger partial charge is 0.0443 e. The van der Waals surface area contributed by atoms with Crippen LogP contribution in [0.1, 0.15) is 25.0 Å². The molecule has 1 aliphatic carbocycles. The van der Waals surface area contributed by atoms with Crippen molar-refractivity contribution in [2.24, 2.45) is 0 Å². The lowest BCUT2D eigenvalue weighted by Gasteiger charge is -2.24. The molecular weight excluding hydrogens is 693 g/mol. The molecule has 12 rings (SSSR count). The Hall–Kier alpha value is -6.54. The summed E-state index contributed by atoms with van der Waals surface area (Å²) >= 11 is 1.95. The lowest BCUT2D eigenvalue weighted by molar-refractivity contribution is 0.667. The van der Waals surface area contributed by atoms with E-state index in [9.17, 15) is 0 Å². The summed E-state index contributed by atoms with van der Waals surface area (Å²) in [4.78, 5) is 0. The Kier molecular flexibility index (Phi) is 6.66. The minimum atomic E-state index is -0.144. The van der Waals surface area contributed by atoms with E-state index in [0.29, 0.717) is 0 Å². The lowest BCUT2D eigenvalue weighted by Crippen LogP contribution is -2.15. The van der Waals surface area contributed by atoms with Crippen molar-refractivity contribution >= 4 is 74.6 Å². The zero-order valence-electron chi connectivity index (χ0n) is 31.2. The van der Waals surface area contributed by atoms with Gasteiger partial charge in [-0.2, -0.15) is 0 Å². The number of benzene rings is 10. The molecule has 0 bridgehead atoms. The molecule has 0 aliphatic heterocycles. The highest BCUT2D eigenvalue weighted by atomic mass is 32.1. The molecule has 1 aliphatic rings. The summed E-state index contributed by atoms with van der Waals surface area (Å²) in [6.45, 7) is 4.85. The first kappa shape index (κ1) is 31.8. The van der Waals surface area contributed by atoms with Gasteiger partial charge in [-0.1, -0.05) is 178 Å². The van der Waals surface area contributed by atoms with Gasteiger partial charge >= 0.3 is 0 Å². The van der Waals surface area contributed by atoms with Crippen LogP contribution >= 0.6 is 11.3 Å². The minimum absolute atomic E-state index is 0.144. The molecule has 262 valence electrons. The molecule has 0 nitrogen and oxygen atoms in total. The molecule has 0 saturated carbocycles. The summed E-state index contributed by atoms with van der Waals surface area (Å²) < 4.78 is 2.77. The summed E-state index contributed by atoms with van der Waals surface area (Å²) in [6, 6.07) is 68.0. The van der Waals surface area contributed by atoms with Crippen LogP contribution < -0.4 is 0 Å². The summed E-state index contributed by atoms with van der Waals surface area (Å²) in [7, 11) is 0. The fourth-order valence-electron chi connectivity index (χ4n) is 10.1. The second-order valence-corrected chi connectivity index (χ2v) is 17.0. The first-order chi connectivity index (χ1) is 27.5. The maximum absolute atomic E-state index is 2.47. The Labute approximate surface area is 329 Å². The Morgan fingerprint density at radius 2 is 0.893 bits per heavy atom. The van der Waals surface area contributed by atoms with E-state index in [1.54, 1.807) is 0 Å². The lowest BCUT2D eigenvalue weighted by atomic mass is 9.79. The van der Waals surface area contributed by atoms with Crippen LogP contribution in [-0.4, -0.2) is 0 Å². The van der Waals surface area contributed by atoms with E-state index >= 15 is 0 Å².